The molecule has 0 aliphatic carbocycles. The van der Waals surface area contributed by atoms with Crippen molar-refractivity contribution in [2.45, 2.75) is 19.9 Å². The predicted molar refractivity (Wildman–Crippen MR) is 126 cm³/mol. The molecule has 0 fully saturated rings. The highest BCUT2D eigenvalue weighted by Gasteiger charge is 2.27. The van der Waals surface area contributed by atoms with Crippen molar-refractivity contribution in [2.75, 3.05) is 17.7 Å². The molecule has 0 saturated heterocycles. The fourth-order valence-corrected chi connectivity index (χ4v) is 3.15. The Bertz CT molecular complexity index is 1150. The number of hydrogen-bond donors (Lipinski definition) is 3. The van der Waals surface area contributed by atoms with Gasteiger partial charge < -0.3 is 25.2 Å². The third kappa shape index (κ3) is 6.13. The Morgan fingerprint density at radius 2 is 1.79 bits per heavy atom. The van der Waals surface area contributed by atoms with E-state index in [1.165, 1.54) is 19.2 Å². The molecular formula is C23H23FN4O4S. The van der Waals surface area contributed by atoms with Crippen molar-refractivity contribution >= 4 is 40.6 Å². The standard InChI is InChI=1S/C23H23FN4O4S/c1-13(2)20(22(30)31-3)27-21(29)19-12-18(28-32-19)14-8-10-15(11-9-14)25-23(33)26-17-7-5-4-6-16(17)24/h4-13,20H,1-3H3,(H,27,29)(H2,25,26,33). The molecule has 1 aromatic heterocycles. The number of anilines is 2. The van der Waals surface area contributed by atoms with Crippen LogP contribution in [0.25, 0.3) is 11.3 Å². The lowest BCUT2D eigenvalue weighted by atomic mass is 10.0. The van der Waals surface area contributed by atoms with Gasteiger partial charge in [-0.1, -0.05) is 43.3 Å². The summed E-state index contributed by atoms with van der Waals surface area (Å²) in [6.07, 6.45) is 0. The molecule has 8 nitrogen and oxygen atoms in total. The first-order chi connectivity index (χ1) is 15.8. The number of nitrogens with zero attached hydrogens (tertiary/aromatic N) is 1. The summed E-state index contributed by atoms with van der Waals surface area (Å²) in [5.74, 6) is -1.71. The zero-order valence-corrected chi connectivity index (χ0v) is 19.0. The van der Waals surface area contributed by atoms with Gasteiger partial charge in [0.05, 0.1) is 12.8 Å². The number of hydrogen-bond acceptors (Lipinski definition) is 6. The Kier molecular flexibility index (Phi) is 7.73. The van der Waals surface area contributed by atoms with Crippen LogP contribution in [0.5, 0.6) is 0 Å². The molecule has 0 aliphatic rings. The summed E-state index contributed by atoms with van der Waals surface area (Å²) in [6, 6.07) is 13.9. The third-order valence-corrected chi connectivity index (χ3v) is 4.91. The summed E-state index contributed by atoms with van der Waals surface area (Å²) in [4.78, 5) is 24.3. The Balaban J connectivity index is 1.63. The SMILES string of the molecule is COC(=O)C(NC(=O)c1cc(-c2ccc(NC(=S)Nc3ccccc3F)cc2)no1)C(C)C. The average Bonchev–Trinajstić information content (AvgIpc) is 3.29. The minimum Gasteiger partial charge on any atom is -0.467 e. The van der Waals surface area contributed by atoms with Crippen LogP contribution < -0.4 is 16.0 Å². The molecule has 1 atom stereocenters. The summed E-state index contributed by atoms with van der Waals surface area (Å²) in [5, 5.41) is 12.5. The number of para-hydroxylation sites is 1. The molecule has 0 radical (unpaired) electrons. The van der Waals surface area contributed by atoms with Gasteiger partial charge in [0.15, 0.2) is 5.11 Å². The van der Waals surface area contributed by atoms with Crippen molar-refractivity contribution in [3.8, 4) is 11.3 Å². The molecule has 0 spiro atoms. The maximum Gasteiger partial charge on any atom is 0.328 e. The normalized spacial score (nSPS) is 11.5. The molecule has 172 valence electrons. The monoisotopic (exact) mass is 470 g/mol. The van der Waals surface area contributed by atoms with E-state index in [1.54, 1.807) is 56.3 Å². The molecule has 10 heteroatoms. The van der Waals surface area contributed by atoms with Gasteiger partial charge in [-0.3, -0.25) is 4.79 Å². The summed E-state index contributed by atoms with van der Waals surface area (Å²) in [5.41, 5.74) is 2.08. The van der Waals surface area contributed by atoms with Crippen LogP contribution in [0, 0.1) is 11.7 Å². The molecule has 1 heterocycles. The number of methoxy groups -OCH3 is 1. The van der Waals surface area contributed by atoms with Gasteiger partial charge >= 0.3 is 5.97 Å². The first-order valence-corrected chi connectivity index (χ1v) is 10.5. The van der Waals surface area contributed by atoms with Crippen LogP contribution in [0.4, 0.5) is 15.8 Å². The number of thiocarbonyl (C=S) groups is 1. The zero-order chi connectivity index (χ0) is 24.0. The molecule has 1 amide bonds. The minimum absolute atomic E-state index is 0.0305. The number of carbonyl (C=O) groups excluding carboxylic acids is 2. The van der Waals surface area contributed by atoms with Gasteiger partial charge in [-0.2, -0.15) is 0 Å². The van der Waals surface area contributed by atoms with Gasteiger partial charge in [-0.05, 0) is 42.4 Å². The van der Waals surface area contributed by atoms with Crippen molar-refractivity contribution in [2.24, 2.45) is 5.92 Å². The van der Waals surface area contributed by atoms with Gasteiger partial charge in [0.2, 0.25) is 5.76 Å². The van der Waals surface area contributed by atoms with Crippen LogP contribution in [-0.2, 0) is 9.53 Å². The van der Waals surface area contributed by atoms with E-state index in [9.17, 15) is 14.0 Å². The highest BCUT2D eigenvalue weighted by molar-refractivity contribution is 7.80. The van der Waals surface area contributed by atoms with Crippen LogP contribution in [0.15, 0.2) is 59.1 Å². The molecular weight excluding hydrogens is 447 g/mol. The topological polar surface area (TPSA) is 105 Å². The van der Waals surface area contributed by atoms with E-state index in [2.05, 4.69) is 21.1 Å². The van der Waals surface area contributed by atoms with Crippen molar-refractivity contribution in [1.82, 2.24) is 10.5 Å². The number of nitrogens with one attached hydrogen (secondary N) is 3. The third-order valence-electron chi connectivity index (χ3n) is 4.70. The molecule has 33 heavy (non-hydrogen) atoms. The predicted octanol–water partition coefficient (Wildman–Crippen LogP) is 4.22. The van der Waals surface area contributed by atoms with Crippen LogP contribution in [0.1, 0.15) is 24.4 Å². The number of amides is 1. The second-order valence-electron chi connectivity index (χ2n) is 7.43. The highest BCUT2D eigenvalue weighted by atomic mass is 32.1. The quantitative estimate of drug-likeness (QED) is 0.348. The molecule has 1 unspecified atom stereocenters. The maximum atomic E-state index is 13.7. The molecule has 3 rings (SSSR count). The molecule has 2 aromatic carbocycles. The number of esters is 1. The summed E-state index contributed by atoms with van der Waals surface area (Å²) < 4.78 is 23.6. The summed E-state index contributed by atoms with van der Waals surface area (Å²) in [7, 11) is 1.26. The first-order valence-electron chi connectivity index (χ1n) is 10.1. The number of ether oxygens (including phenoxy) is 1. The Hall–Kier alpha value is -3.79. The fourth-order valence-electron chi connectivity index (χ4n) is 2.93. The molecule has 3 N–H and O–H groups in total. The zero-order valence-electron chi connectivity index (χ0n) is 18.2. The lowest BCUT2D eigenvalue weighted by Gasteiger charge is -2.18. The number of halogens is 1. The van der Waals surface area contributed by atoms with E-state index in [4.69, 9.17) is 21.5 Å². The van der Waals surface area contributed by atoms with E-state index in [0.717, 1.165) is 0 Å². The number of benzene rings is 2. The molecule has 0 bridgehead atoms. The van der Waals surface area contributed by atoms with E-state index in [0.29, 0.717) is 16.9 Å². The number of rotatable bonds is 7. The summed E-state index contributed by atoms with van der Waals surface area (Å²) >= 11 is 5.22. The average molecular weight is 471 g/mol. The second-order valence-corrected chi connectivity index (χ2v) is 7.84. The lowest BCUT2D eigenvalue weighted by molar-refractivity contribution is -0.144. The summed E-state index contributed by atoms with van der Waals surface area (Å²) in [6.45, 7) is 3.58. The van der Waals surface area contributed by atoms with Crippen LogP contribution >= 0.6 is 12.2 Å². The van der Waals surface area contributed by atoms with E-state index >= 15 is 0 Å². The highest BCUT2D eigenvalue weighted by Crippen LogP contribution is 2.22. The Labute approximate surface area is 195 Å². The minimum atomic E-state index is -0.803. The smallest absolute Gasteiger partial charge is 0.328 e. The lowest BCUT2D eigenvalue weighted by Crippen LogP contribution is -2.44. The molecule has 0 aliphatic heterocycles. The van der Waals surface area contributed by atoms with E-state index in [-0.39, 0.29) is 22.5 Å². The second kappa shape index (κ2) is 10.7. The van der Waals surface area contributed by atoms with Gasteiger partial charge in [-0.15, -0.1) is 0 Å². The molecule has 0 saturated carbocycles. The number of aromatic nitrogens is 1. The number of carbonyl (C=O) groups is 2. The van der Waals surface area contributed by atoms with E-state index < -0.39 is 23.7 Å². The fraction of sp³-hybridized carbons (Fsp3) is 0.217. The Morgan fingerprint density at radius 1 is 1.09 bits per heavy atom. The van der Waals surface area contributed by atoms with Gasteiger partial charge in [0, 0.05) is 17.3 Å². The van der Waals surface area contributed by atoms with Crippen LogP contribution in [0.2, 0.25) is 0 Å². The molecule has 3 aromatic rings. The van der Waals surface area contributed by atoms with Gasteiger partial charge in [0.25, 0.3) is 5.91 Å². The Morgan fingerprint density at radius 3 is 2.42 bits per heavy atom. The van der Waals surface area contributed by atoms with Crippen molar-refractivity contribution in [1.29, 1.82) is 0 Å². The van der Waals surface area contributed by atoms with Crippen LogP contribution in [0.3, 0.4) is 0 Å². The largest absolute Gasteiger partial charge is 0.467 e. The van der Waals surface area contributed by atoms with E-state index in [1.807, 2.05) is 0 Å². The van der Waals surface area contributed by atoms with Crippen molar-refractivity contribution in [3.05, 3.63) is 66.2 Å². The van der Waals surface area contributed by atoms with Gasteiger partial charge in [0.1, 0.15) is 17.6 Å². The van der Waals surface area contributed by atoms with Crippen LogP contribution in [-0.4, -0.2) is 35.3 Å². The maximum absolute atomic E-state index is 13.7. The van der Waals surface area contributed by atoms with Crippen molar-refractivity contribution in [3.63, 3.8) is 0 Å². The van der Waals surface area contributed by atoms with Crippen molar-refractivity contribution < 1.29 is 23.2 Å². The first kappa shape index (κ1) is 23.9. The van der Waals surface area contributed by atoms with Gasteiger partial charge in [-0.25, -0.2) is 9.18 Å².